The molecular weight excluding hydrogens is 339 g/mol. The highest BCUT2D eigenvalue weighted by Crippen LogP contribution is 2.18. The van der Waals surface area contributed by atoms with Gasteiger partial charge in [0.15, 0.2) is 0 Å². The zero-order valence-corrected chi connectivity index (χ0v) is 13.9. The van der Waals surface area contributed by atoms with E-state index >= 15 is 0 Å². The summed E-state index contributed by atoms with van der Waals surface area (Å²) in [5.74, 6) is -1.04. The van der Waals surface area contributed by atoms with Crippen LogP contribution in [0.25, 0.3) is 0 Å². The monoisotopic (exact) mass is 354 g/mol. The van der Waals surface area contributed by atoms with Gasteiger partial charge in [-0.25, -0.2) is 21.2 Å². The van der Waals surface area contributed by atoms with Gasteiger partial charge in [-0.3, -0.25) is 0 Å². The van der Waals surface area contributed by atoms with Crippen molar-refractivity contribution in [2.24, 2.45) is 5.73 Å². The molecule has 1 rings (SSSR count). The van der Waals surface area contributed by atoms with Gasteiger partial charge in [0.1, 0.15) is 20.6 Å². The number of rotatable bonds is 6. The number of sulfonamides is 1. The molecule has 0 saturated carbocycles. The Morgan fingerprint density at radius 3 is 2.38 bits per heavy atom. The predicted molar refractivity (Wildman–Crippen MR) is 81.8 cm³/mol. The molecule has 0 saturated heterocycles. The second-order valence-corrected chi connectivity index (χ2v) is 9.21. The van der Waals surface area contributed by atoms with Gasteiger partial charge < -0.3 is 5.73 Å². The summed E-state index contributed by atoms with van der Waals surface area (Å²) in [6.07, 6.45) is 1.01. The minimum Gasteiger partial charge on any atom is -0.389 e. The summed E-state index contributed by atoms with van der Waals surface area (Å²) in [5, 5.41) is 0. The molecule has 0 atom stereocenters. The smallest absolute Gasteiger partial charge is 0.242 e. The number of hydrogen-bond acceptors (Lipinski definition) is 5. The standard InChI is InChI=1S/C11H15FN2O4S3/c1-14(5-6-20(2,15)16)21(17,18)8-3-4-10(12)9(7-8)11(13)19/h3-4,7H,5-6H2,1-2H3,(H2,13,19). The van der Waals surface area contributed by atoms with Crippen LogP contribution >= 0.6 is 12.2 Å². The quantitative estimate of drug-likeness (QED) is 0.729. The Balaban J connectivity index is 3.13. The van der Waals surface area contributed by atoms with Gasteiger partial charge in [-0.2, -0.15) is 4.31 Å². The molecule has 0 spiro atoms. The fourth-order valence-corrected chi connectivity index (χ4v) is 3.52. The summed E-state index contributed by atoms with van der Waals surface area (Å²) >= 11 is 4.65. The van der Waals surface area contributed by atoms with Gasteiger partial charge in [-0.05, 0) is 18.2 Å². The number of thiocarbonyl (C=S) groups is 1. The third-order valence-electron chi connectivity index (χ3n) is 2.69. The van der Waals surface area contributed by atoms with E-state index in [1.54, 1.807) is 0 Å². The zero-order valence-electron chi connectivity index (χ0n) is 11.4. The van der Waals surface area contributed by atoms with E-state index in [2.05, 4.69) is 12.2 Å². The van der Waals surface area contributed by atoms with Crippen LogP contribution in [0.4, 0.5) is 4.39 Å². The van der Waals surface area contributed by atoms with Crippen LogP contribution in [0.3, 0.4) is 0 Å². The van der Waals surface area contributed by atoms with Crippen LogP contribution in [0.2, 0.25) is 0 Å². The fraction of sp³-hybridized carbons (Fsp3) is 0.364. The lowest BCUT2D eigenvalue weighted by atomic mass is 10.2. The van der Waals surface area contributed by atoms with Crippen molar-refractivity contribution >= 4 is 37.1 Å². The first-order valence-electron chi connectivity index (χ1n) is 5.68. The van der Waals surface area contributed by atoms with Crippen LogP contribution in [0.1, 0.15) is 5.56 Å². The Morgan fingerprint density at radius 2 is 1.90 bits per heavy atom. The van der Waals surface area contributed by atoms with Gasteiger partial charge in [0.05, 0.1) is 10.6 Å². The normalized spacial score (nSPS) is 12.6. The number of hydrogen-bond donors (Lipinski definition) is 1. The van der Waals surface area contributed by atoms with Crippen LogP contribution in [0.5, 0.6) is 0 Å². The number of benzene rings is 1. The molecule has 6 nitrogen and oxygen atoms in total. The molecular formula is C11H15FN2O4S3. The van der Waals surface area contributed by atoms with Crippen LogP contribution in [0, 0.1) is 5.82 Å². The number of sulfone groups is 1. The van der Waals surface area contributed by atoms with Gasteiger partial charge in [0.25, 0.3) is 0 Å². The molecule has 0 amide bonds. The highest BCUT2D eigenvalue weighted by atomic mass is 32.2. The topological polar surface area (TPSA) is 97.5 Å². The van der Waals surface area contributed by atoms with Crippen molar-refractivity contribution in [3.8, 4) is 0 Å². The molecule has 0 aliphatic carbocycles. The molecule has 10 heteroatoms. The maximum absolute atomic E-state index is 13.5. The average molecular weight is 354 g/mol. The van der Waals surface area contributed by atoms with Crippen molar-refractivity contribution in [1.29, 1.82) is 0 Å². The van der Waals surface area contributed by atoms with E-state index < -0.39 is 25.7 Å². The predicted octanol–water partition coefficient (Wildman–Crippen LogP) is 0.125. The van der Waals surface area contributed by atoms with Gasteiger partial charge >= 0.3 is 0 Å². The number of nitrogens with two attached hydrogens (primary N) is 1. The van der Waals surface area contributed by atoms with E-state index in [0.717, 1.165) is 28.8 Å². The highest BCUT2D eigenvalue weighted by Gasteiger charge is 2.23. The summed E-state index contributed by atoms with van der Waals surface area (Å²) < 4.78 is 61.0. The van der Waals surface area contributed by atoms with Crippen molar-refractivity contribution in [2.45, 2.75) is 4.90 Å². The van der Waals surface area contributed by atoms with Crippen LogP contribution in [-0.4, -0.2) is 51.7 Å². The van der Waals surface area contributed by atoms with Crippen molar-refractivity contribution < 1.29 is 21.2 Å². The summed E-state index contributed by atoms with van der Waals surface area (Å²) in [7, 11) is -6.00. The lowest BCUT2D eigenvalue weighted by Gasteiger charge is -2.17. The largest absolute Gasteiger partial charge is 0.389 e. The maximum Gasteiger partial charge on any atom is 0.242 e. The first-order valence-corrected chi connectivity index (χ1v) is 9.59. The average Bonchev–Trinajstić information content (AvgIpc) is 2.34. The first-order chi connectivity index (χ1) is 9.45. The molecule has 0 fully saturated rings. The van der Waals surface area contributed by atoms with Crippen molar-refractivity contribution in [1.82, 2.24) is 4.31 Å². The molecule has 0 bridgehead atoms. The second kappa shape index (κ2) is 6.34. The molecule has 0 heterocycles. The Morgan fingerprint density at radius 1 is 1.33 bits per heavy atom. The van der Waals surface area contributed by atoms with Gasteiger partial charge in [-0.1, -0.05) is 12.2 Å². The van der Waals surface area contributed by atoms with Gasteiger partial charge in [0.2, 0.25) is 10.0 Å². The van der Waals surface area contributed by atoms with Crippen LogP contribution in [-0.2, 0) is 19.9 Å². The van der Waals surface area contributed by atoms with E-state index in [4.69, 9.17) is 5.73 Å². The molecule has 2 N–H and O–H groups in total. The highest BCUT2D eigenvalue weighted by molar-refractivity contribution is 7.91. The molecule has 118 valence electrons. The van der Waals surface area contributed by atoms with E-state index in [-0.39, 0.29) is 27.7 Å². The van der Waals surface area contributed by atoms with Crippen molar-refractivity contribution in [3.63, 3.8) is 0 Å². The van der Waals surface area contributed by atoms with E-state index in [1.807, 2.05) is 0 Å². The Labute approximate surface area is 128 Å². The maximum atomic E-state index is 13.5. The molecule has 0 unspecified atom stereocenters. The Kier molecular flexibility index (Phi) is 5.42. The molecule has 1 aromatic carbocycles. The van der Waals surface area contributed by atoms with Gasteiger partial charge in [-0.15, -0.1) is 0 Å². The van der Waals surface area contributed by atoms with E-state index in [1.165, 1.54) is 7.05 Å². The lowest BCUT2D eigenvalue weighted by Crippen LogP contribution is -2.31. The summed E-state index contributed by atoms with van der Waals surface area (Å²) in [6.45, 7) is -0.207. The molecule has 0 aliphatic rings. The minimum atomic E-state index is -3.95. The van der Waals surface area contributed by atoms with Crippen molar-refractivity contribution in [2.75, 3.05) is 25.6 Å². The van der Waals surface area contributed by atoms with E-state index in [9.17, 15) is 21.2 Å². The second-order valence-electron chi connectivity index (χ2n) is 4.46. The molecule has 0 aliphatic heterocycles. The van der Waals surface area contributed by atoms with Crippen molar-refractivity contribution in [3.05, 3.63) is 29.6 Å². The lowest BCUT2D eigenvalue weighted by molar-refractivity contribution is 0.484. The molecule has 21 heavy (non-hydrogen) atoms. The molecule has 0 aromatic heterocycles. The number of halogens is 1. The summed E-state index contributed by atoms with van der Waals surface area (Å²) in [6, 6.07) is 3.05. The summed E-state index contributed by atoms with van der Waals surface area (Å²) in [5.41, 5.74) is 5.14. The molecule has 0 radical (unpaired) electrons. The van der Waals surface area contributed by atoms with Gasteiger partial charge in [0, 0.05) is 25.4 Å². The SMILES string of the molecule is CN(CCS(C)(=O)=O)S(=O)(=O)c1ccc(F)c(C(N)=S)c1. The summed E-state index contributed by atoms with van der Waals surface area (Å²) in [4.78, 5) is -0.467. The third kappa shape index (κ3) is 4.70. The minimum absolute atomic E-state index is 0.178. The Hall–Kier alpha value is -1.10. The van der Waals surface area contributed by atoms with Crippen LogP contribution < -0.4 is 5.73 Å². The Bertz CT molecular complexity index is 760. The zero-order chi connectivity index (χ0) is 16.4. The fourth-order valence-electron chi connectivity index (χ4n) is 1.45. The third-order valence-corrected chi connectivity index (χ3v) is 5.69. The molecule has 1 aromatic rings. The first kappa shape index (κ1) is 18.0. The number of nitrogens with zero attached hydrogens (tertiary/aromatic N) is 1. The van der Waals surface area contributed by atoms with E-state index in [0.29, 0.717) is 0 Å². The van der Waals surface area contributed by atoms with Crippen LogP contribution in [0.15, 0.2) is 23.1 Å².